The number of halogens is 1. The third kappa shape index (κ3) is 2.79. The Morgan fingerprint density at radius 2 is 1.83 bits per heavy atom. The van der Waals surface area contributed by atoms with Gasteiger partial charge in [-0.1, -0.05) is 30.3 Å². The Morgan fingerprint density at radius 1 is 1.03 bits per heavy atom. The predicted octanol–water partition coefficient (Wildman–Crippen LogP) is 5.17. The molecule has 156 valence electrons. The highest BCUT2D eigenvalue weighted by Gasteiger charge is 2.65. The van der Waals surface area contributed by atoms with Crippen molar-refractivity contribution in [3.8, 4) is 0 Å². The zero-order valence-electron chi connectivity index (χ0n) is 17.5. The summed E-state index contributed by atoms with van der Waals surface area (Å²) in [7, 11) is 0. The molecule has 3 saturated heterocycles. The van der Waals surface area contributed by atoms with Gasteiger partial charge in [0.15, 0.2) is 0 Å². The number of ketones is 1. The summed E-state index contributed by atoms with van der Waals surface area (Å²) < 4.78 is 14.5. The molecule has 6 bridgehead atoms. The van der Waals surface area contributed by atoms with E-state index in [9.17, 15) is 9.18 Å². The number of carbonyl (C=O) groups excluding carboxylic acids is 1. The quantitative estimate of drug-likeness (QED) is 0.686. The number of hydrogen-bond donors (Lipinski definition) is 0. The van der Waals surface area contributed by atoms with Crippen molar-refractivity contribution in [3.63, 3.8) is 0 Å². The number of rotatable bonds is 5. The van der Waals surface area contributed by atoms with Crippen molar-refractivity contribution in [1.82, 2.24) is 4.90 Å². The molecule has 0 radical (unpaired) electrons. The van der Waals surface area contributed by atoms with E-state index in [-0.39, 0.29) is 22.9 Å². The fourth-order valence-corrected chi connectivity index (χ4v) is 8.99. The van der Waals surface area contributed by atoms with Crippen LogP contribution < -0.4 is 0 Å². The Kier molecular flexibility index (Phi) is 4.08. The first-order valence-corrected chi connectivity index (χ1v) is 11.9. The summed E-state index contributed by atoms with van der Waals surface area (Å²) >= 11 is 0. The molecule has 1 aromatic rings. The van der Waals surface area contributed by atoms with Crippen molar-refractivity contribution in [2.45, 2.75) is 63.2 Å². The average molecular weight is 396 g/mol. The number of alkyl halides is 1. The monoisotopic (exact) mass is 395 g/mol. The number of fused-ring (bicyclic) bond motifs is 3. The third-order valence-corrected chi connectivity index (χ3v) is 9.68. The fraction of sp³-hybridized carbons (Fsp3) is 0.731. The van der Waals surface area contributed by atoms with Gasteiger partial charge in [0.05, 0.1) is 6.67 Å². The van der Waals surface area contributed by atoms with Gasteiger partial charge in [0.2, 0.25) is 0 Å². The van der Waals surface area contributed by atoms with Crippen LogP contribution >= 0.6 is 0 Å². The van der Waals surface area contributed by atoms with E-state index in [1.54, 1.807) is 0 Å². The van der Waals surface area contributed by atoms with E-state index in [2.05, 4.69) is 35.2 Å². The Morgan fingerprint density at radius 3 is 2.52 bits per heavy atom. The first-order chi connectivity index (χ1) is 14.0. The molecule has 0 spiro atoms. The van der Waals surface area contributed by atoms with Crippen molar-refractivity contribution in [2.75, 3.05) is 26.3 Å². The van der Waals surface area contributed by atoms with Crippen LogP contribution in [0.2, 0.25) is 0 Å². The molecule has 0 aromatic heterocycles. The van der Waals surface area contributed by atoms with Gasteiger partial charge in [0, 0.05) is 23.8 Å². The first kappa shape index (κ1) is 18.5. The lowest BCUT2D eigenvalue weighted by atomic mass is 9.37. The fourth-order valence-electron chi connectivity index (χ4n) is 8.99. The Balaban J connectivity index is 1.33. The minimum atomic E-state index is -0.257. The van der Waals surface area contributed by atoms with Crippen LogP contribution in [-0.4, -0.2) is 37.0 Å². The van der Waals surface area contributed by atoms with Crippen molar-refractivity contribution in [3.05, 3.63) is 35.9 Å². The molecule has 29 heavy (non-hydrogen) atoms. The van der Waals surface area contributed by atoms with Gasteiger partial charge in [-0.3, -0.25) is 9.18 Å². The zero-order chi connectivity index (χ0) is 19.7. The Bertz CT molecular complexity index is 802. The Labute approximate surface area is 174 Å². The highest BCUT2D eigenvalue weighted by molar-refractivity contribution is 5.86. The van der Waals surface area contributed by atoms with E-state index in [1.807, 2.05) is 0 Å². The van der Waals surface area contributed by atoms with E-state index in [4.69, 9.17) is 0 Å². The molecule has 0 N–H and O–H groups in total. The molecule has 2 unspecified atom stereocenters. The number of piperidine rings is 3. The molecule has 7 aliphatic rings. The summed E-state index contributed by atoms with van der Waals surface area (Å²) in [5, 5.41) is 0. The maximum absolute atomic E-state index is 14.5. The van der Waals surface area contributed by atoms with Gasteiger partial charge in [-0.25, -0.2) is 0 Å². The largest absolute Gasteiger partial charge is 0.303 e. The number of hydrogen-bond acceptors (Lipinski definition) is 2. The lowest BCUT2D eigenvalue weighted by Gasteiger charge is -2.66. The van der Waals surface area contributed by atoms with Gasteiger partial charge < -0.3 is 4.90 Å². The molecule has 1 aromatic carbocycles. The van der Waals surface area contributed by atoms with Crippen LogP contribution in [0.1, 0.15) is 63.4 Å². The summed E-state index contributed by atoms with van der Waals surface area (Å²) in [5.41, 5.74) is 0.882. The zero-order valence-corrected chi connectivity index (χ0v) is 17.5. The molecule has 3 heterocycles. The van der Waals surface area contributed by atoms with Gasteiger partial charge >= 0.3 is 0 Å². The van der Waals surface area contributed by atoms with E-state index >= 15 is 0 Å². The molecule has 2 nitrogen and oxygen atoms in total. The van der Waals surface area contributed by atoms with Gasteiger partial charge in [-0.2, -0.15) is 0 Å². The molecule has 3 heteroatoms. The molecule has 4 saturated carbocycles. The van der Waals surface area contributed by atoms with Crippen molar-refractivity contribution >= 4 is 5.78 Å². The van der Waals surface area contributed by atoms with Crippen molar-refractivity contribution in [1.29, 1.82) is 0 Å². The second kappa shape index (κ2) is 6.39. The summed E-state index contributed by atoms with van der Waals surface area (Å²) in [6.07, 6.45) is 9.24. The van der Waals surface area contributed by atoms with Crippen LogP contribution in [0.25, 0.3) is 0 Å². The minimum Gasteiger partial charge on any atom is -0.303 e. The molecule has 7 fully saturated rings. The predicted molar refractivity (Wildman–Crippen MR) is 112 cm³/mol. The minimum absolute atomic E-state index is 0.0253. The second-order valence-corrected chi connectivity index (χ2v) is 11.6. The van der Waals surface area contributed by atoms with Crippen LogP contribution in [0.15, 0.2) is 30.3 Å². The molecule has 5 atom stereocenters. The molecule has 4 aliphatic carbocycles. The van der Waals surface area contributed by atoms with Crippen LogP contribution in [0, 0.1) is 28.6 Å². The van der Waals surface area contributed by atoms with Gasteiger partial charge in [-0.05, 0) is 93.2 Å². The summed E-state index contributed by atoms with van der Waals surface area (Å²) in [5.74, 6) is 2.32. The SMILES string of the molecule is O=C(C[C@@H]1CN2CCC1CC2)C12CC3C[C@@](CF)(C1)C[C@](c1ccccc1)(C3)C2. The summed E-state index contributed by atoms with van der Waals surface area (Å²) in [4.78, 5) is 16.5. The first-order valence-electron chi connectivity index (χ1n) is 11.9. The van der Waals surface area contributed by atoms with E-state index < -0.39 is 0 Å². The summed E-state index contributed by atoms with van der Waals surface area (Å²) in [6.45, 7) is 3.33. The molecule has 8 rings (SSSR count). The maximum atomic E-state index is 14.5. The van der Waals surface area contributed by atoms with Crippen LogP contribution in [-0.2, 0) is 10.2 Å². The average Bonchev–Trinajstić information content (AvgIpc) is 2.74. The number of nitrogens with zero attached hydrogens (tertiary/aromatic N) is 1. The van der Waals surface area contributed by atoms with Crippen LogP contribution in [0.3, 0.4) is 0 Å². The number of Topliss-reactive ketones (excluding diaryl/α,β-unsaturated/α-hetero) is 1. The van der Waals surface area contributed by atoms with Crippen LogP contribution in [0.5, 0.6) is 0 Å². The van der Waals surface area contributed by atoms with Gasteiger partial charge in [0.25, 0.3) is 0 Å². The molecule has 3 aliphatic heterocycles. The standard InChI is InChI=1S/C26H34FNO/c27-18-24-11-19-12-25(15-24,22-4-2-1-3-5-22)17-26(13-19,16-24)23(29)10-21-14-28-8-6-20(21)7-9-28/h1-5,19-21H,6-18H2/t19?,21-,24+,25-,26?/m1/s1. The van der Waals surface area contributed by atoms with Gasteiger partial charge in [0.1, 0.15) is 5.78 Å². The lowest BCUT2D eigenvalue weighted by molar-refractivity contribution is -0.165. The van der Waals surface area contributed by atoms with Gasteiger partial charge in [-0.15, -0.1) is 0 Å². The van der Waals surface area contributed by atoms with Crippen LogP contribution in [0.4, 0.5) is 4.39 Å². The summed E-state index contributed by atoms with van der Waals surface area (Å²) in [6, 6.07) is 10.8. The third-order valence-electron chi connectivity index (χ3n) is 9.68. The lowest BCUT2D eigenvalue weighted by Crippen LogP contribution is -2.62. The number of carbonyl (C=O) groups is 1. The van der Waals surface area contributed by atoms with E-state index in [0.29, 0.717) is 17.6 Å². The normalized spacial score (nSPS) is 47.5. The highest BCUT2D eigenvalue weighted by Crippen LogP contribution is 2.70. The van der Waals surface area contributed by atoms with E-state index in [1.165, 1.54) is 31.5 Å². The number of benzene rings is 1. The molecular weight excluding hydrogens is 361 g/mol. The van der Waals surface area contributed by atoms with Crippen molar-refractivity contribution in [2.24, 2.45) is 28.6 Å². The Hall–Kier alpha value is -1.22. The topological polar surface area (TPSA) is 20.3 Å². The second-order valence-electron chi connectivity index (χ2n) is 11.6. The van der Waals surface area contributed by atoms with E-state index in [0.717, 1.165) is 57.4 Å². The van der Waals surface area contributed by atoms with Crippen molar-refractivity contribution < 1.29 is 9.18 Å². The highest BCUT2D eigenvalue weighted by atomic mass is 19.1. The smallest absolute Gasteiger partial charge is 0.139 e. The molecule has 0 amide bonds. The maximum Gasteiger partial charge on any atom is 0.139 e. The molecular formula is C26H34FNO.